The van der Waals surface area contributed by atoms with Crippen molar-refractivity contribution in [2.75, 3.05) is 31.6 Å². The molecule has 3 saturated heterocycles. The van der Waals surface area contributed by atoms with E-state index in [1.807, 2.05) is 0 Å². The Balaban J connectivity index is 1.24. The molecule has 2 aromatic rings. The number of ether oxygens (including phenoxy) is 2. The van der Waals surface area contributed by atoms with Crippen molar-refractivity contribution in [2.45, 2.75) is 42.7 Å². The van der Waals surface area contributed by atoms with Crippen LogP contribution in [0.4, 0.5) is 10.1 Å². The number of piperidine rings is 1. The molecule has 198 valence electrons. The van der Waals surface area contributed by atoms with Gasteiger partial charge in [0.1, 0.15) is 16.3 Å². The topological polar surface area (TPSA) is 119 Å². The third kappa shape index (κ3) is 4.02. The van der Waals surface area contributed by atoms with E-state index in [0.29, 0.717) is 36.7 Å². The lowest BCUT2D eigenvalue weighted by Gasteiger charge is -2.44. The summed E-state index contributed by atoms with van der Waals surface area (Å²) >= 11 is 0. The second-order valence-electron chi connectivity index (χ2n) is 10.6. The average Bonchev–Trinajstić information content (AvgIpc) is 3.52. The fourth-order valence-corrected chi connectivity index (χ4v) is 7.45. The second kappa shape index (κ2) is 8.53. The lowest BCUT2D eigenvalue weighted by molar-refractivity contribution is -0.157. The SMILES string of the molecule is Cc1cc(NC(=O)c2c3c(cn2C)S(=O)(=O)N[C@@H]2CN(C(=O)C45CC(CO4)C5)CC[C@H]2CO3)ccc1F. The lowest BCUT2D eigenvalue weighted by atomic mass is 9.73. The van der Waals surface area contributed by atoms with E-state index in [2.05, 4.69) is 10.0 Å². The van der Waals surface area contributed by atoms with Crippen molar-refractivity contribution in [1.29, 1.82) is 0 Å². The number of amides is 2. The minimum Gasteiger partial charge on any atom is -0.489 e. The molecule has 1 aromatic carbocycles. The van der Waals surface area contributed by atoms with Gasteiger partial charge in [0.2, 0.25) is 10.0 Å². The number of hydrogen-bond acceptors (Lipinski definition) is 6. The molecule has 0 unspecified atom stereocenters. The molecule has 7 rings (SSSR count). The van der Waals surface area contributed by atoms with Crippen molar-refractivity contribution < 1.29 is 31.9 Å². The highest BCUT2D eigenvalue weighted by Gasteiger charge is 2.59. The van der Waals surface area contributed by atoms with Gasteiger partial charge in [0.15, 0.2) is 11.4 Å². The Morgan fingerprint density at radius 3 is 2.73 bits per heavy atom. The molecule has 10 nitrogen and oxygen atoms in total. The molecule has 4 fully saturated rings. The number of nitrogens with one attached hydrogen (secondary N) is 2. The van der Waals surface area contributed by atoms with E-state index in [9.17, 15) is 22.4 Å². The molecule has 1 aliphatic carbocycles. The van der Waals surface area contributed by atoms with Gasteiger partial charge in [-0.05, 0) is 55.9 Å². The molecule has 0 radical (unpaired) electrons. The molecule has 1 saturated carbocycles. The number of sulfonamides is 1. The van der Waals surface area contributed by atoms with Crippen molar-refractivity contribution in [3.05, 3.63) is 41.5 Å². The smallest absolute Gasteiger partial charge is 0.276 e. The van der Waals surface area contributed by atoms with Gasteiger partial charge in [-0.25, -0.2) is 17.5 Å². The summed E-state index contributed by atoms with van der Waals surface area (Å²) in [6.45, 7) is 3.11. The number of carbonyl (C=O) groups excluding carboxylic acids is 2. The Labute approximate surface area is 214 Å². The Morgan fingerprint density at radius 1 is 1.24 bits per heavy atom. The molecule has 4 aliphatic heterocycles. The van der Waals surface area contributed by atoms with Crippen LogP contribution in [-0.4, -0.2) is 67.6 Å². The zero-order chi connectivity index (χ0) is 26.1. The van der Waals surface area contributed by atoms with Crippen LogP contribution in [0.2, 0.25) is 0 Å². The van der Waals surface area contributed by atoms with Crippen LogP contribution < -0.4 is 14.8 Å². The van der Waals surface area contributed by atoms with E-state index in [1.54, 1.807) is 18.9 Å². The zero-order valence-corrected chi connectivity index (χ0v) is 21.4. The normalized spacial score (nSPS) is 29.7. The van der Waals surface area contributed by atoms with Gasteiger partial charge in [-0.1, -0.05) is 0 Å². The lowest BCUT2D eigenvalue weighted by Crippen LogP contribution is -2.60. The number of aromatic nitrogens is 1. The Kier molecular flexibility index (Phi) is 5.62. The van der Waals surface area contributed by atoms with Gasteiger partial charge >= 0.3 is 0 Å². The van der Waals surface area contributed by atoms with Gasteiger partial charge in [0.05, 0.1) is 13.2 Å². The number of aryl methyl sites for hydroxylation is 2. The van der Waals surface area contributed by atoms with Crippen molar-refractivity contribution in [3.63, 3.8) is 0 Å². The van der Waals surface area contributed by atoms with Gasteiger partial charge in [-0.2, -0.15) is 0 Å². The molecular weight excluding hydrogens is 503 g/mol. The fraction of sp³-hybridized carbons (Fsp3) is 0.520. The summed E-state index contributed by atoms with van der Waals surface area (Å²) in [6.07, 6.45) is 3.37. The van der Waals surface area contributed by atoms with Crippen LogP contribution >= 0.6 is 0 Å². The van der Waals surface area contributed by atoms with Crippen molar-refractivity contribution >= 4 is 27.5 Å². The van der Waals surface area contributed by atoms with Crippen LogP contribution in [0.25, 0.3) is 0 Å². The number of rotatable bonds is 3. The molecule has 2 amide bonds. The number of halogens is 1. The number of likely N-dealkylation sites (tertiary alicyclic amines) is 1. The van der Waals surface area contributed by atoms with Gasteiger partial charge in [0.25, 0.3) is 11.8 Å². The van der Waals surface area contributed by atoms with Crippen molar-refractivity contribution in [3.8, 4) is 5.75 Å². The first kappa shape index (κ1) is 24.4. The first-order valence-electron chi connectivity index (χ1n) is 12.4. The van der Waals surface area contributed by atoms with Crippen LogP contribution in [-0.2, 0) is 26.6 Å². The predicted molar refractivity (Wildman–Crippen MR) is 130 cm³/mol. The molecule has 1 aromatic heterocycles. The first-order chi connectivity index (χ1) is 17.6. The number of anilines is 1. The van der Waals surface area contributed by atoms with Gasteiger partial charge in [-0.15, -0.1) is 0 Å². The number of nitrogens with zero attached hydrogens (tertiary/aromatic N) is 2. The molecule has 12 heteroatoms. The van der Waals surface area contributed by atoms with Crippen LogP contribution in [0.15, 0.2) is 29.3 Å². The molecule has 2 atom stereocenters. The predicted octanol–water partition coefficient (Wildman–Crippen LogP) is 1.79. The molecule has 2 bridgehead atoms. The number of benzene rings is 1. The highest BCUT2D eigenvalue weighted by Crippen LogP contribution is 2.49. The Morgan fingerprint density at radius 2 is 2.03 bits per heavy atom. The number of hydrogen-bond donors (Lipinski definition) is 2. The zero-order valence-electron chi connectivity index (χ0n) is 20.6. The maximum Gasteiger partial charge on any atom is 0.276 e. The summed E-state index contributed by atoms with van der Waals surface area (Å²) < 4.78 is 56.5. The Bertz CT molecular complexity index is 1390. The summed E-state index contributed by atoms with van der Waals surface area (Å²) in [5.74, 6) is -0.780. The van der Waals surface area contributed by atoms with E-state index in [4.69, 9.17) is 9.47 Å². The van der Waals surface area contributed by atoms with Gasteiger partial charge < -0.3 is 24.3 Å². The average molecular weight is 533 g/mol. The molecule has 5 heterocycles. The molecule has 37 heavy (non-hydrogen) atoms. The monoisotopic (exact) mass is 532 g/mol. The summed E-state index contributed by atoms with van der Waals surface area (Å²) in [6, 6.07) is 3.67. The fourth-order valence-electron chi connectivity index (χ4n) is 5.96. The van der Waals surface area contributed by atoms with Crippen LogP contribution in [0, 0.1) is 24.6 Å². The highest BCUT2D eigenvalue weighted by molar-refractivity contribution is 7.89. The summed E-state index contributed by atoms with van der Waals surface area (Å²) in [5, 5.41) is 2.70. The van der Waals surface area contributed by atoms with Crippen LogP contribution in [0.3, 0.4) is 0 Å². The van der Waals surface area contributed by atoms with Crippen LogP contribution in [0.1, 0.15) is 35.3 Å². The third-order valence-corrected chi connectivity index (χ3v) is 9.52. The van der Waals surface area contributed by atoms with E-state index >= 15 is 0 Å². The largest absolute Gasteiger partial charge is 0.489 e. The summed E-state index contributed by atoms with van der Waals surface area (Å²) in [7, 11) is -2.50. The van der Waals surface area contributed by atoms with E-state index in [-0.39, 0.29) is 41.3 Å². The number of fused-ring (bicyclic) bond motifs is 3. The van der Waals surface area contributed by atoms with E-state index in [0.717, 1.165) is 12.8 Å². The minimum absolute atomic E-state index is 0.0259. The number of carbonyl (C=O) groups is 2. The van der Waals surface area contributed by atoms with Crippen molar-refractivity contribution in [1.82, 2.24) is 14.2 Å². The van der Waals surface area contributed by atoms with E-state index in [1.165, 1.54) is 29.0 Å². The molecule has 0 spiro atoms. The Hall–Kier alpha value is -2.96. The third-order valence-electron chi connectivity index (χ3n) is 8.04. The molecule has 2 N–H and O–H groups in total. The maximum atomic E-state index is 13.6. The quantitative estimate of drug-likeness (QED) is 0.622. The van der Waals surface area contributed by atoms with E-state index < -0.39 is 33.4 Å². The van der Waals surface area contributed by atoms with Gasteiger partial charge in [0, 0.05) is 44.0 Å². The van der Waals surface area contributed by atoms with Gasteiger partial charge in [-0.3, -0.25) is 9.59 Å². The molecule has 5 aliphatic rings. The minimum atomic E-state index is -4.06. The molecular formula is C25H29FN4O6S. The maximum absolute atomic E-state index is 13.6. The highest BCUT2D eigenvalue weighted by atomic mass is 32.2. The van der Waals surface area contributed by atoms with Crippen LogP contribution in [0.5, 0.6) is 5.75 Å². The first-order valence-corrected chi connectivity index (χ1v) is 13.9. The standard InChI is InChI=1S/C25H29FN4O6S/c1-14-7-17(3-4-18(14)26)27-23(31)21-22-20(11-29(21)2)37(33,34)28-19-10-30(6-5-16(19)13-35-22)24(32)25-8-15(9-25)12-36-25/h3-4,7,11,15-16,19,28H,5-6,8-10,12-13H2,1-2H3,(H,27,31)/t15?,16-,19+,25?/m0/s1. The van der Waals surface area contributed by atoms with Crippen molar-refractivity contribution in [2.24, 2.45) is 18.9 Å². The summed E-state index contributed by atoms with van der Waals surface area (Å²) in [4.78, 5) is 27.9. The second-order valence-corrected chi connectivity index (χ2v) is 12.3. The summed E-state index contributed by atoms with van der Waals surface area (Å²) in [5.41, 5.74) is 0.0682.